The van der Waals surface area contributed by atoms with Crippen LogP contribution in [0.2, 0.25) is 0 Å². The van der Waals surface area contributed by atoms with E-state index in [0.29, 0.717) is 0 Å². The standard InChI is InChI=1S/C12H22N2OS/c1-5-12(4,10(3)15)8-14-9(2)11-13-6-7-16-11/h6-7,9-10,14-15H,5,8H2,1-4H3. The van der Waals surface area contributed by atoms with Crippen LogP contribution >= 0.6 is 11.3 Å². The van der Waals surface area contributed by atoms with Crippen LogP contribution in [-0.2, 0) is 0 Å². The fourth-order valence-corrected chi connectivity index (χ4v) is 2.16. The summed E-state index contributed by atoms with van der Waals surface area (Å²) in [5.41, 5.74) is -0.0640. The quantitative estimate of drug-likeness (QED) is 0.806. The molecule has 0 radical (unpaired) electrons. The van der Waals surface area contributed by atoms with Crippen molar-refractivity contribution in [1.82, 2.24) is 10.3 Å². The summed E-state index contributed by atoms with van der Waals surface area (Å²) in [6.07, 6.45) is 2.49. The Bertz CT molecular complexity index is 300. The highest BCUT2D eigenvalue weighted by molar-refractivity contribution is 7.09. The highest BCUT2D eigenvalue weighted by atomic mass is 32.1. The van der Waals surface area contributed by atoms with Crippen LogP contribution in [0.3, 0.4) is 0 Å². The molecule has 0 amide bonds. The first-order valence-corrected chi connectivity index (χ1v) is 6.68. The first kappa shape index (κ1) is 13.6. The molecule has 3 nitrogen and oxygen atoms in total. The third-order valence-corrected chi connectivity index (χ3v) is 4.41. The summed E-state index contributed by atoms with van der Waals surface area (Å²) in [4.78, 5) is 4.28. The summed E-state index contributed by atoms with van der Waals surface area (Å²) in [5.74, 6) is 0. The van der Waals surface area contributed by atoms with E-state index in [9.17, 15) is 5.11 Å². The number of rotatable bonds is 6. The van der Waals surface area contributed by atoms with E-state index in [1.165, 1.54) is 0 Å². The number of hydrogen-bond donors (Lipinski definition) is 2. The van der Waals surface area contributed by atoms with Gasteiger partial charge in [-0.3, -0.25) is 0 Å². The second kappa shape index (κ2) is 5.75. The van der Waals surface area contributed by atoms with Crippen molar-refractivity contribution in [1.29, 1.82) is 0 Å². The molecule has 0 aliphatic rings. The lowest BCUT2D eigenvalue weighted by Crippen LogP contribution is -2.40. The molecule has 1 aromatic rings. The average molecular weight is 242 g/mol. The average Bonchev–Trinajstić information content (AvgIpc) is 2.78. The number of thiazole rings is 1. The van der Waals surface area contributed by atoms with Gasteiger partial charge in [-0.05, 0) is 20.3 Å². The number of hydrogen-bond acceptors (Lipinski definition) is 4. The third-order valence-electron chi connectivity index (χ3n) is 3.45. The van der Waals surface area contributed by atoms with Crippen molar-refractivity contribution in [3.8, 4) is 0 Å². The molecular formula is C12H22N2OS. The van der Waals surface area contributed by atoms with Crippen molar-refractivity contribution in [3.63, 3.8) is 0 Å². The Hall–Kier alpha value is -0.450. The Morgan fingerprint density at radius 1 is 1.56 bits per heavy atom. The summed E-state index contributed by atoms with van der Waals surface area (Å²) in [6, 6.07) is 0.254. The van der Waals surface area contributed by atoms with E-state index < -0.39 is 0 Å². The van der Waals surface area contributed by atoms with Crippen molar-refractivity contribution < 1.29 is 5.11 Å². The first-order chi connectivity index (χ1) is 7.49. The maximum atomic E-state index is 9.76. The minimum Gasteiger partial charge on any atom is -0.393 e. The first-order valence-electron chi connectivity index (χ1n) is 5.80. The zero-order valence-corrected chi connectivity index (χ0v) is 11.3. The zero-order valence-electron chi connectivity index (χ0n) is 10.5. The molecule has 1 rings (SSSR count). The Morgan fingerprint density at radius 3 is 2.69 bits per heavy atom. The molecule has 1 aromatic heterocycles. The van der Waals surface area contributed by atoms with Gasteiger partial charge in [0.2, 0.25) is 0 Å². The van der Waals surface area contributed by atoms with Crippen LogP contribution in [0.5, 0.6) is 0 Å². The van der Waals surface area contributed by atoms with Crippen molar-refractivity contribution in [2.75, 3.05) is 6.54 Å². The Labute approximate surface area is 102 Å². The molecule has 0 saturated heterocycles. The molecule has 0 aromatic carbocycles. The molecule has 2 N–H and O–H groups in total. The molecular weight excluding hydrogens is 220 g/mol. The Kier molecular flexibility index (Phi) is 4.89. The molecule has 0 aliphatic heterocycles. The smallest absolute Gasteiger partial charge is 0.109 e. The number of nitrogens with one attached hydrogen (secondary N) is 1. The molecule has 4 heteroatoms. The second-order valence-electron chi connectivity index (χ2n) is 4.66. The van der Waals surface area contributed by atoms with Crippen molar-refractivity contribution in [2.45, 2.75) is 46.3 Å². The maximum Gasteiger partial charge on any atom is 0.109 e. The van der Waals surface area contributed by atoms with Crippen molar-refractivity contribution in [3.05, 3.63) is 16.6 Å². The van der Waals surface area contributed by atoms with E-state index in [0.717, 1.165) is 18.0 Å². The van der Waals surface area contributed by atoms with E-state index in [4.69, 9.17) is 0 Å². The normalized spacial score (nSPS) is 19.1. The molecule has 3 unspecified atom stereocenters. The third kappa shape index (κ3) is 3.27. The number of nitrogens with zero attached hydrogens (tertiary/aromatic N) is 1. The van der Waals surface area contributed by atoms with E-state index >= 15 is 0 Å². The molecule has 1 heterocycles. The van der Waals surface area contributed by atoms with Crippen LogP contribution < -0.4 is 5.32 Å². The minimum atomic E-state index is -0.298. The van der Waals surface area contributed by atoms with Gasteiger partial charge in [0.1, 0.15) is 5.01 Å². The Balaban J connectivity index is 2.50. The van der Waals surface area contributed by atoms with Gasteiger partial charge in [0.05, 0.1) is 12.1 Å². The maximum absolute atomic E-state index is 9.76. The van der Waals surface area contributed by atoms with Gasteiger partial charge in [-0.25, -0.2) is 4.98 Å². The summed E-state index contributed by atoms with van der Waals surface area (Å²) in [7, 11) is 0. The van der Waals surface area contributed by atoms with Crippen molar-refractivity contribution in [2.24, 2.45) is 5.41 Å². The summed E-state index contributed by atoms with van der Waals surface area (Å²) in [5, 5.41) is 16.3. The predicted octanol–water partition coefficient (Wildman–Crippen LogP) is 2.59. The Morgan fingerprint density at radius 2 is 2.25 bits per heavy atom. The van der Waals surface area contributed by atoms with Crippen LogP contribution in [0.25, 0.3) is 0 Å². The van der Waals surface area contributed by atoms with Gasteiger partial charge in [0, 0.05) is 23.5 Å². The van der Waals surface area contributed by atoms with Gasteiger partial charge in [0.25, 0.3) is 0 Å². The lowest BCUT2D eigenvalue weighted by atomic mass is 9.82. The van der Waals surface area contributed by atoms with Crippen molar-refractivity contribution >= 4 is 11.3 Å². The van der Waals surface area contributed by atoms with E-state index in [1.807, 2.05) is 18.5 Å². The molecule has 0 aliphatic carbocycles. The summed E-state index contributed by atoms with van der Waals surface area (Å²) in [6.45, 7) is 9.00. The second-order valence-corrected chi connectivity index (χ2v) is 5.58. The number of aromatic nitrogens is 1. The molecule has 16 heavy (non-hydrogen) atoms. The van der Waals surface area contributed by atoms with Gasteiger partial charge in [-0.2, -0.15) is 0 Å². The minimum absolute atomic E-state index is 0.0640. The summed E-state index contributed by atoms with van der Waals surface area (Å²) >= 11 is 1.66. The molecule has 0 spiro atoms. The van der Waals surface area contributed by atoms with Gasteiger partial charge in [0.15, 0.2) is 0 Å². The lowest BCUT2D eigenvalue weighted by molar-refractivity contribution is 0.0473. The van der Waals surface area contributed by atoms with Gasteiger partial charge in [-0.1, -0.05) is 13.8 Å². The van der Waals surface area contributed by atoms with E-state index in [1.54, 1.807) is 11.3 Å². The van der Waals surface area contributed by atoms with Gasteiger partial charge < -0.3 is 10.4 Å². The summed E-state index contributed by atoms with van der Waals surface area (Å²) < 4.78 is 0. The predicted molar refractivity (Wildman–Crippen MR) is 68.6 cm³/mol. The largest absolute Gasteiger partial charge is 0.393 e. The fraction of sp³-hybridized carbons (Fsp3) is 0.750. The number of aliphatic hydroxyl groups is 1. The van der Waals surface area contributed by atoms with Crippen LogP contribution in [0.4, 0.5) is 0 Å². The monoisotopic (exact) mass is 242 g/mol. The van der Waals surface area contributed by atoms with Crippen LogP contribution in [0.15, 0.2) is 11.6 Å². The van der Waals surface area contributed by atoms with E-state index in [2.05, 4.69) is 31.1 Å². The number of aliphatic hydroxyl groups excluding tert-OH is 1. The highest BCUT2D eigenvalue weighted by Crippen LogP contribution is 2.26. The lowest BCUT2D eigenvalue weighted by Gasteiger charge is -2.32. The SMILES string of the molecule is CCC(C)(CNC(C)c1nccs1)C(C)O. The molecule has 0 bridgehead atoms. The fourth-order valence-electron chi connectivity index (χ4n) is 1.49. The van der Waals surface area contributed by atoms with E-state index in [-0.39, 0.29) is 17.6 Å². The van der Waals surface area contributed by atoms with Crippen LogP contribution in [0, 0.1) is 5.41 Å². The topological polar surface area (TPSA) is 45.2 Å². The van der Waals surface area contributed by atoms with Crippen LogP contribution in [-0.4, -0.2) is 22.7 Å². The molecule has 0 fully saturated rings. The molecule has 0 saturated carbocycles. The highest BCUT2D eigenvalue weighted by Gasteiger charge is 2.28. The zero-order chi connectivity index (χ0) is 12.2. The molecule has 92 valence electrons. The van der Waals surface area contributed by atoms with Gasteiger partial charge >= 0.3 is 0 Å². The molecule has 3 atom stereocenters. The van der Waals surface area contributed by atoms with Gasteiger partial charge in [-0.15, -0.1) is 11.3 Å². The van der Waals surface area contributed by atoms with Crippen LogP contribution in [0.1, 0.15) is 45.2 Å².